The zero-order valence-electron chi connectivity index (χ0n) is 48.9. The smallest absolute Gasteiger partial charge is 0.306 e. The standard InChI is InChI=1S/C65H126O6/c1-6-7-8-9-10-11-12-13-14-15-19-22-25-30-35-40-45-50-55-63(66)69-58-62(71-65(68)57-52-47-42-37-32-27-29-34-39-44-49-54-61(4)5)59-70-64(67)56-51-46-41-36-31-26-23-20-17-16-18-21-24-28-33-38-43-48-53-60(2)3/h60-62H,6-59H2,1-5H3/t62-/m0/s1. The molecule has 6 nitrogen and oxygen atoms in total. The van der Waals surface area contributed by atoms with Crippen molar-refractivity contribution in [2.24, 2.45) is 11.8 Å². The summed E-state index contributed by atoms with van der Waals surface area (Å²) in [6.45, 7) is 11.4. The van der Waals surface area contributed by atoms with Crippen LogP contribution in [0.25, 0.3) is 0 Å². The second-order valence-electron chi connectivity index (χ2n) is 23.4. The molecule has 71 heavy (non-hydrogen) atoms. The van der Waals surface area contributed by atoms with E-state index in [-0.39, 0.29) is 31.1 Å². The summed E-state index contributed by atoms with van der Waals surface area (Å²) in [7, 11) is 0. The minimum Gasteiger partial charge on any atom is -0.462 e. The van der Waals surface area contributed by atoms with Gasteiger partial charge in [0.25, 0.3) is 0 Å². The molecule has 0 aliphatic heterocycles. The van der Waals surface area contributed by atoms with Crippen LogP contribution in [0.15, 0.2) is 0 Å². The Bertz CT molecular complexity index is 1090. The van der Waals surface area contributed by atoms with E-state index in [0.717, 1.165) is 69.6 Å². The summed E-state index contributed by atoms with van der Waals surface area (Å²) in [5.74, 6) is 0.852. The van der Waals surface area contributed by atoms with E-state index in [0.29, 0.717) is 19.3 Å². The van der Waals surface area contributed by atoms with Gasteiger partial charge < -0.3 is 14.2 Å². The molecule has 1 atom stereocenters. The highest BCUT2D eigenvalue weighted by molar-refractivity contribution is 5.71. The molecular formula is C65H126O6. The molecule has 0 heterocycles. The lowest BCUT2D eigenvalue weighted by Crippen LogP contribution is -2.30. The normalized spacial score (nSPS) is 12.0. The molecule has 0 spiro atoms. The van der Waals surface area contributed by atoms with Crippen molar-refractivity contribution in [1.82, 2.24) is 0 Å². The number of hydrogen-bond donors (Lipinski definition) is 0. The van der Waals surface area contributed by atoms with Gasteiger partial charge >= 0.3 is 17.9 Å². The fourth-order valence-corrected chi connectivity index (χ4v) is 10.1. The third-order valence-electron chi connectivity index (χ3n) is 15.0. The zero-order chi connectivity index (χ0) is 51.8. The summed E-state index contributed by atoms with van der Waals surface area (Å²) in [4.78, 5) is 38.3. The Morgan fingerprint density at radius 1 is 0.268 bits per heavy atom. The minimum absolute atomic E-state index is 0.0620. The van der Waals surface area contributed by atoms with Crippen molar-refractivity contribution in [3.8, 4) is 0 Å². The molecule has 0 aliphatic carbocycles. The van der Waals surface area contributed by atoms with Crippen LogP contribution in [0.4, 0.5) is 0 Å². The molecule has 6 heteroatoms. The molecule has 0 aromatic heterocycles. The van der Waals surface area contributed by atoms with Crippen molar-refractivity contribution >= 4 is 17.9 Å². The second-order valence-corrected chi connectivity index (χ2v) is 23.4. The molecule has 0 rings (SSSR count). The highest BCUT2D eigenvalue weighted by Crippen LogP contribution is 2.19. The van der Waals surface area contributed by atoms with Crippen molar-refractivity contribution in [3.05, 3.63) is 0 Å². The number of ether oxygens (including phenoxy) is 3. The molecular weight excluding hydrogens is 877 g/mol. The topological polar surface area (TPSA) is 78.9 Å². The molecule has 0 unspecified atom stereocenters. The quantitative estimate of drug-likeness (QED) is 0.0343. The third kappa shape index (κ3) is 59.2. The van der Waals surface area contributed by atoms with Gasteiger partial charge in [-0.05, 0) is 31.1 Å². The van der Waals surface area contributed by atoms with E-state index in [1.165, 1.54) is 257 Å². The molecule has 0 radical (unpaired) electrons. The SMILES string of the molecule is CCCCCCCCCCCCCCCCCCCCC(=O)OC[C@@H](COC(=O)CCCCCCCCCCCCCCCCCCCCC(C)C)OC(=O)CCCCCCCCCCCCCC(C)C. The van der Waals surface area contributed by atoms with Crippen molar-refractivity contribution in [1.29, 1.82) is 0 Å². The molecule has 0 fully saturated rings. The first-order chi connectivity index (χ1) is 34.7. The number of carbonyl (C=O) groups is 3. The fraction of sp³-hybridized carbons (Fsp3) is 0.954. The monoisotopic (exact) mass is 1000 g/mol. The Morgan fingerprint density at radius 3 is 0.690 bits per heavy atom. The predicted molar refractivity (Wildman–Crippen MR) is 307 cm³/mol. The maximum absolute atomic E-state index is 12.9. The van der Waals surface area contributed by atoms with Gasteiger partial charge in [-0.3, -0.25) is 14.4 Å². The maximum atomic E-state index is 12.9. The van der Waals surface area contributed by atoms with E-state index in [2.05, 4.69) is 34.6 Å². The lowest BCUT2D eigenvalue weighted by atomic mass is 10.0. The van der Waals surface area contributed by atoms with Crippen molar-refractivity contribution < 1.29 is 28.6 Å². The number of unbranched alkanes of at least 4 members (excludes halogenated alkanes) is 44. The molecule has 422 valence electrons. The molecule has 0 N–H and O–H groups in total. The van der Waals surface area contributed by atoms with Gasteiger partial charge in [-0.25, -0.2) is 0 Å². The van der Waals surface area contributed by atoms with Crippen LogP contribution >= 0.6 is 0 Å². The van der Waals surface area contributed by atoms with Crippen LogP contribution < -0.4 is 0 Å². The summed E-state index contributed by atoms with van der Waals surface area (Å²) in [6, 6.07) is 0. The highest BCUT2D eigenvalue weighted by Gasteiger charge is 2.19. The van der Waals surface area contributed by atoms with Gasteiger partial charge in [0.1, 0.15) is 13.2 Å². The predicted octanol–water partition coefficient (Wildman–Crippen LogP) is 21.6. The molecule has 0 amide bonds. The van der Waals surface area contributed by atoms with E-state index in [4.69, 9.17) is 14.2 Å². The minimum atomic E-state index is -0.764. The van der Waals surface area contributed by atoms with Gasteiger partial charge in [0.2, 0.25) is 0 Å². The van der Waals surface area contributed by atoms with Gasteiger partial charge in [-0.2, -0.15) is 0 Å². The Balaban J connectivity index is 4.25. The van der Waals surface area contributed by atoms with E-state index in [9.17, 15) is 14.4 Å². The Morgan fingerprint density at radius 2 is 0.465 bits per heavy atom. The average molecular weight is 1000 g/mol. The lowest BCUT2D eigenvalue weighted by molar-refractivity contribution is -0.167. The van der Waals surface area contributed by atoms with E-state index in [1.807, 2.05) is 0 Å². The summed E-state index contributed by atoms with van der Waals surface area (Å²) in [5.41, 5.74) is 0. The maximum Gasteiger partial charge on any atom is 0.306 e. The Kier molecular flexibility index (Phi) is 56.4. The number of rotatable bonds is 59. The third-order valence-corrected chi connectivity index (χ3v) is 15.0. The van der Waals surface area contributed by atoms with E-state index in [1.54, 1.807) is 0 Å². The first kappa shape index (κ1) is 69.4. The largest absolute Gasteiger partial charge is 0.462 e. The zero-order valence-corrected chi connectivity index (χ0v) is 48.9. The molecule has 0 aromatic rings. The van der Waals surface area contributed by atoms with Gasteiger partial charge in [-0.15, -0.1) is 0 Å². The number of esters is 3. The van der Waals surface area contributed by atoms with E-state index >= 15 is 0 Å². The van der Waals surface area contributed by atoms with Crippen LogP contribution in [-0.4, -0.2) is 37.2 Å². The van der Waals surface area contributed by atoms with Crippen molar-refractivity contribution in [3.63, 3.8) is 0 Å². The molecule has 0 bridgehead atoms. The fourth-order valence-electron chi connectivity index (χ4n) is 10.1. The lowest BCUT2D eigenvalue weighted by Gasteiger charge is -2.18. The number of hydrogen-bond acceptors (Lipinski definition) is 6. The second kappa shape index (κ2) is 57.7. The van der Waals surface area contributed by atoms with Gasteiger partial charge in [0, 0.05) is 19.3 Å². The average Bonchev–Trinajstić information content (AvgIpc) is 3.35. The molecule has 0 aromatic carbocycles. The molecule has 0 aliphatic rings. The first-order valence-electron chi connectivity index (χ1n) is 32.2. The van der Waals surface area contributed by atoms with Gasteiger partial charge in [0.15, 0.2) is 6.10 Å². The summed E-state index contributed by atoms with van der Waals surface area (Å²) in [5, 5.41) is 0. The van der Waals surface area contributed by atoms with Crippen LogP contribution in [-0.2, 0) is 28.6 Å². The van der Waals surface area contributed by atoms with Crippen LogP contribution in [0.1, 0.15) is 369 Å². The van der Waals surface area contributed by atoms with Crippen LogP contribution in [0.5, 0.6) is 0 Å². The van der Waals surface area contributed by atoms with Crippen LogP contribution in [0.3, 0.4) is 0 Å². The van der Waals surface area contributed by atoms with Crippen LogP contribution in [0, 0.1) is 11.8 Å². The highest BCUT2D eigenvalue weighted by atomic mass is 16.6. The Labute approximate surface area is 444 Å². The summed E-state index contributed by atoms with van der Waals surface area (Å²) >= 11 is 0. The van der Waals surface area contributed by atoms with Crippen molar-refractivity contribution in [2.45, 2.75) is 375 Å². The first-order valence-corrected chi connectivity index (χ1v) is 32.2. The van der Waals surface area contributed by atoms with Crippen LogP contribution in [0.2, 0.25) is 0 Å². The van der Waals surface area contributed by atoms with Gasteiger partial charge in [-0.1, -0.05) is 330 Å². The summed E-state index contributed by atoms with van der Waals surface area (Å²) < 4.78 is 17.0. The van der Waals surface area contributed by atoms with Crippen molar-refractivity contribution in [2.75, 3.05) is 13.2 Å². The molecule has 0 saturated heterocycles. The number of carbonyl (C=O) groups excluding carboxylic acids is 3. The van der Waals surface area contributed by atoms with Gasteiger partial charge in [0.05, 0.1) is 0 Å². The Hall–Kier alpha value is -1.59. The molecule has 0 saturated carbocycles. The van der Waals surface area contributed by atoms with E-state index < -0.39 is 6.10 Å². The summed E-state index contributed by atoms with van der Waals surface area (Å²) in [6.07, 6.45) is 63.9.